The summed E-state index contributed by atoms with van der Waals surface area (Å²) in [6.07, 6.45) is 0. The van der Waals surface area contributed by atoms with E-state index in [1.807, 2.05) is 36.4 Å². The molecule has 0 N–H and O–H groups in total. The first kappa shape index (κ1) is 34.4. The van der Waals surface area contributed by atoms with Crippen LogP contribution in [0, 0.1) is 17.9 Å². The molecule has 0 amide bonds. The Bertz CT molecular complexity index is 3510. The number of hydrogen-bond acceptors (Lipinski definition) is 1. The van der Waals surface area contributed by atoms with Gasteiger partial charge < -0.3 is 13.7 Å². The van der Waals surface area contributed by atoms with Crippen molar-refractivity contribution in [1.29, 1.82) is 5.26 Å². The second-order valence-electron chi connectivity index (χ2n) is 15.5. The minimum absolute atomic E-state index is 0.554. The molecule has 0 aliphatic carbocycles. The average Bonchev–Trinajstić information content (AvgIpc) is 3.97. The van der Waals surface area contributed by atoms with E-state index >= 15 is 0 Å². The molecule has 0 aliphatic rings. The lowest BCUT2D eigenvalue weighted by Crippen LogP contribution is -2.10. The average molecular weight is 776 g/mol. The summed E-state index contributed by atoms with van der Waals surface area (Å²) in [6, 6.07) is 72.6. The topological polar surface area (TPSA) is 42.9 Å². The van der Waals surface area contributed by atoms with Crippen LogP contribution in [-0.2, 0) is 0 Å². The van der Waals surface area contributed by atoms with Crippen molar-refractivity contribution in [2.45, 2.75) is 0 Å². The van der Waals surface area contributed by atoms with Crippen LogP contribution in [-0.4, -0.2) is 13.7 Å². The van der Waals surface area contributed by atoms with Gasteiger partial charge >= 0.3 is 0 Å². The van der Waals surface area contributed by atoms with Crippen LogP contribution < -0.4 is 0 Å². The molecule has 0 saturated carbocycles. The number of nitrogens with zero attached hydrogens (tertiary/aromatic N) is 5. The number of nitriles is 1. The van der Waals surface area contributed by atoms with Gasteiger partial charge in [-0.25, -0.2) is 4.85 Å². The lowest BCUT2D eigenvalue weighted by atomic mass is 9.90. The van der Waals surface area contributed by atoms with Crippen molar-refractivity contribution in [2.24, 2.45) is 0 Å². The van der Waals surface area contributed by atoms with Gasteiger partial charge in [-0.3, -0.25) is 0 Å². The summed E-state index contributed by atoms with van der Waals surface area (Å²) in [5.41, 5.74) is 14.2. The molecule has 0 radical (unpaired) electrons. The normalized spacial score (nSPS) is 11.6. The van der Waals surface area contributed by atoms with E-state index in [0.717, 1.165) is 105 Å². The number of para-hydroxylation sites is 6. The van der Waals surface area contributed by atoms with Crippen molar-refractivity contribution in [3.63, 3.8) is 0 Å². The third-order valence-electron chi connectivity index (χ3n) is 12.2. The summed E-state index contributed by atoms with van der Waals surface area (Å²) in [6.45, 7) is 8.20. The first-order valence-electron chi connectivity index (χ1n) is 20.4. The molecule has 0 atom stereocenters. The maximum absolute atomic E-state index is 10.4. The zero-order valence-electron chi connectivity index (χ0n) is 32.8. The van der Waals surface area contributed by atoms with Crippen molar-refractivity contribution in [1.82, 2.24) is 13.7 Å². The second kappa shape index (κ2) is 13.5. The Labute approximate surface area is 351 Å². The molecule has 0 unspecified atom stereocenters. The number of benzene rings is 9. The number of hydrogen-bond donors (Lipinski definition) is 0. The molecule has 5 nitrogen and oxygen atoms in total. The van der Waals surface area contributed by atoms with E-state index < -0.39 is 0 Å². The molecule has 0 fully saturated rings. The molecule has 12 rings (SSSR count). The molecule has 9 aromatic carbocycles. The molecule has 5 heteroatoms. The summed E-state index contributed by atoms with van der Waals surface area (Å²) in [7, 11) is 0. The highest BCUT2D eigenvalue weighted by atomic mass is 15.1. The van der Waals surface area contributed by atoms with Crippen molar-refractivity contribution >= 4 is 71.1 Å². The third kappa shape index (κ3) is 5.05. The molecule has 0 spiro atoms. The van der Waals surface area contributed by atoms with Gasteiger partial charge in [0.1, 0.15) is 0 Å². The summed E-state index contributed by atoms with van der Waals surface area (Å²) < 4.78 is 7.25. The largest absolute Gasteiger partial charge is 0.308 e. The predicted octanol–water partition coefficient (Wildman–Crippen LogP) is 14.7. The van der Waals surface area contributed by atoms with Gasteiger partial charge in [0.15, 0.2) is 5.69 Å². The Kier molecular flexibility index (Phi) is 7.59. The Morgan fingerprint density at radius 3 is 1.13 bits per heavy atom. The third-order valence-corrected chi connectivity index (χ3v) is 12.2. The van der Waals surface area contributed by atoms with Crippen molar-refractivity contribution in [2.75, 3.05) is 0 Å². The van der Waals surface area contributed by atoms with Crippen molar-refractivity contribution < 1.29 is 0 Å². The smallest absolute Gasteiger partial charge is 0.187 e. The molecule has 3 heterocycles. The van der Waals surface area contributed by atoms with Crippen LogP contribution >= 0.6 is 0 Å². The van der Waals surface area contributed by atoms with E-state index in [2.05, 4.69) is 188 Å². The summed E-state index contributed by atoms with van der Waals surface area (Å²) in [5, 5.41) is 17.3. The van der Waals surface area contributed by atoms with E-state index in [1.54, 1.807) is 0 Å². The fourth-order valence-corrected chi connectivity index (χ4v) is 9.79. The minimum atomic E-state index is 0.554. The molecular formula is C56H33N5. The number of aromatic nitrogens is 3. The van der Waals surface area contributed by atoms with Gasteiger partial charge in [-0.2, -0.15) is 5.26 Å². The first-order valence-corrected chi connectivity index (χ1v) is 20.4. The molecule has 0 aliphatic heterocycles. The zero-order valence-corrected chi connectivity index (χ0v) is 32.8. The second-order valence-corrected chi connectivity index (χ2v) is 15.5. The Morgan fingerprint density at radius 1 is 0.377 bits per heavy atom. The van der Waals surface area contributed by atoms with Crippen LogP contribution in [0.5, 0.6) is 0 Å². The highest BCUT2D eigenvalue weighted by Gasteiger charge is 2.29. The fourth-order valence-electron chi connectivity index (χ4n) is 9.79. The SMILES string of the molecule is [C-]#[N+]c1cccc(-c2c(-n3c4ccccc4c4ccccc43)cc(-n3c4ccccc4c4ccccc43)c(-c3cccc(C#N)c3)c2-n2c3ccccc3c3ccccc32)c1. The van der Waals surface area contributed by atoms with Crippen molar-refractivity contribution in [3.8, 4) is 45.4 Å². The first-order chi connectivity index (χ1) is 30.2. The van der Waals surface area contributed by atoms with Gasteiger partial charge in [-0.1, -0.05) is 140 Å². The standard InChI is InChI=1S/C56H33N5/c1-58-39-19-15-18-38(33-39)55-53(60-48-28-10-4-22-42(48)43-23-5-11-29-49(43)60)34-52(59-46-26-8-2-20-40(46)41-21-3-9-27-47(41)59)54(37-17-14-16-36(32-37)35-57)56(55)61-50-30-12-6-24-44(50)45-25-7-13-31-51(45)61/h2-34H. The van der Waals surface area contributed by atoms with Crippen LogP contribution in [0.15, 0.2) is 200 Å². The fraction of sp³-hybridized carbons (Fsp3) is 0. The monoisotopic (exact) mass is 775 g/mol. The van der Waals surface area contributed by atoms with Gasteiger partial charge in [0.25, 0.3) is 0 Å². The minimum Gasteiger partial charge on any atom is -0.308 e. The Hall–Kier alpha value is -8.64. The number of fused-ring (bicyclic) bond motifs is 9. The van der Waals surface area contributed by atoms with Gasteiger partial charge in [0, 0.05) is 43.4 Å². The van der Waals surface area contributed by atoms with Crippen LogP contribution in [0.25, 0.3) is 110 Å². The van der Waals surface area contributed by atoms with Crippen LogP contribution in [0.1, 0.15) is 5.56 Å². The maximum Gasteiger partial charge on any atom is 0.187 e. The Morgan fingerprint density at radius 2 is 0.738 bits per heavy atom. The van der Waals surface area contributed by atoms with E-state index in [9.17, 15) is 5.26 Å². The van der Waals surface area contributed by atoms with Gasteiger partial charge in [-0.15, -0.1) is 0 Å². The Balaban J connectivity index is 1.42. The van der Waals surface area contributed by atoms with Crippen LogP contribution in [0.3, 0.4) is 0 Å². The highest BCUT2D eigenvalue weighted by Crippen LogP contribution is 2.50. The quantitative estimate of drug-likeness (QED) is 0.161. The summed E-state index contributed by atoms with van der Waals surface area (Å²) in [4.78, 5) is 3.97. The van der Waals surface area contributed by atoms with Crippen molar-refractivity contribution in [3.05, 3.63) is 217 Å². The molecule has 3 aromatic heterocycles. The number of rotatable bonds is 5. The highest BCUT2D eigenvalue weighted by molar-refractivity contribution is 6.15. The van der Waals surface area contributed by atoms with Crippen LogP contribution in [0.2, 0.25) is 0 Å². The van der Waals surface area contributed by atoms with Gasteiger partial charge in [-0.05, 0) is 71.8 Å². The molecule has 0 saturated heterocycles. The zero-order chi connectivity index (χ0) is 40.6. The molecule has 61 heavy (non-hydrogen) atoms. The summed E-state index contributed by atoms with van der Waals surface area (Å²) in [5.74, 6) is 0. The molecule has 0 bridgehead atoms. The van der Waals surface area contributed by atoms with E-state index in [-0.39, 0.29) is 0 Å². The molecule has 282 valence electrons. The predicted molar refractivity (Wildman–Crippen MR) is 251 cm³/mol. The molecule has 12 aromatic rings. The summed E-state index contributed by atoms with van der Waals surface area (Å²) >= 11 is 0. The molecular weight excluding hydrogens is 743 g/mol. The van der Waals surface area contributed by atoms with E-state index in [0.29, 0.717) is 11.3 Å². The lowest BCUT2D eigenvalue weighted by molar-refractivity contribution is 1.10. The van der Waals surface area contributed by atoms with Crippen LogP contribution in [0.4, 0.5) is 5.69 Å². The lowest BCUT2D eigenvalue weighted by Gasteiger charge is -2.27. The van der Waals surface area contributed by atoms with E-state index in [1.165, 1.54) is 0 Å². The maximum atomic E-state index is 10.4. The van der Waals surface area contributed by atoms with Gasteiger partial charge in [0.05, 0.1) is 68.4 Å². The van der Waals surface area contributed by atoms with Gasteiger partial charge in [0.2, 0.25) is 0 Å². The van der Waals surface area contributed by atoms with E-state index in [4.69, 9.17) is 6.57 Å².